The maximum atomic E-state index is 13.8. The van der Waals surface area contributed by atoms with Gasteiger partial charge in [0.25, 0.3) is 15.7 Å². The number of hydrogen-bond donors (Lipinski definition) is 2. The molecule has 2 fully saturated rings. The van der Waals surface area contributed by atoms with E-state index in [2.05, 4.69) is 59.0 Å². The number of nitro groups is 1. The Morgan fingerprint density at radius 2 is 1.61 bits per heavy atom. The number of halogens is 1. The van der Waals surface area contributed by atoms with Gasteiger partial charge < -0.3 is 15.0 Å². The largest absolute Gasteiger partial charge is 0.379 e. The van der Waals surface area contributed by atoms with Crippen LogP contribution in [0.4, 0.5) is 23.0 Å². The number of thioether (sulfide) groups is 1. The third-order valence-electron chi connectivity index (χ3n) is 10.9. The number of anilines is 3. The number of hydrogen-bond acceptors (Lipinski definition) is 13. The summed E-state index contributed by atoms with van der Waals surface area (Å²) in [7, 11) is -4.31. The number of pyridine rings is 1. The van der Waals surface area contributed by atoms with Crippen LogP contribution in [0.25, 0.3) is 22.0 Å². The first-order chi connectivity index (χ1) is 29.7. The van der Waals surface area contributed by atoms with Gasteiger partial charge in [-0.3, -0.25) is 24.6 Å². The molecule has 0 spiro atoms. The van der Waals surface area contributed by atoms with Gasteiger partial charge in [0.2, 0.25) is 0 Å². The van der Waals surface area contributed by atoms with Crippen LogP contribution >= 0.6 is 23.4 Å². The van der Waals surface area contributed by atoms with Crippen LogP contribution in [0, 0.1) is 10.1 Å². The van der Waals surface area contributed by atoms with Crippen LogP contribution in [-0.4, -0.2) is 109 Å². The molecule has 2 aliphatic rings. The molecular weight excluding hydrogens is 834 g/mol. The quantitative estimate of drug-likeness (QED) is 0.0555. The zero-order chi connectivity index (χ0) is 42.2. The predicted molar refractivity (Wildman–Crippen MR) is 242 cm³/mol. The molecule has 0 saturated carbocycles. The first-order valence-corrected chi connectivity index (χ1v) is 23.0. The molecular formula is C44H46ClN9O5S2. The highest BCUT2D eigenvalue weighted by molar-refractivity contribution is 7.99. The summed E-state index contributed by atoms with van der Waals surface area (Å²) >= 11 is 7.80. The average Bonchev–Trinajstić information content (AvgIpc) is 3.28. The lowest BCUT2D eigenvalue weighted by Gasteiger charge is -2.35. The number of morpholine rings is 1. The number of aromatic nitrogens is 3. The van der Waals surface area contributed by atoms with Crippen molar-refractivity contribution in [2.75, 3.05) is 79.7 Å². The second-order valence-corrected chi connectivity index (χ2v) is 18.2. The molecule has 17 heteroatoms. The topological polar surface area (TPSA) is 159 Å². The lowest BCUT2D eigenvalue weighted by atomic mass is 9.99. The van der Waals surface area contributed by atoms with Crippen LogP contribution in [0.3, 0.4) is 0 Å². The number of rotatable bonds is 16. The zero-order valence-electron chi connectivity index (χ0n) is 33.4. The number of benzene rings is 4. The van der Waals surface area contributed by atoms with Gasteiger partial charge in [-0.25, -0.2) is 23.4 Å². The van der Waals surface area contributed by atoms with Crippen molar-refractivity contribution in [3.8, 4) is 11.1 Å². The van der Waals surface area contributed by atoms with Crippen molar-refractivity contribution in [1.82, 2.24) is 24.8 Å². The van der Waals surface area contributed by atoms with Crippen molar-refractivity contribution in [1.29, 1.82) is 0 Å². The smallest absolute Gasteiger partial charge is 0.293 e. The molecule has 1 atom stereocenters. The van der Waals surface area contributed by atoms with E-state index in [1.54, 1.807) is 18.0 Å². The lowest BCUT2D eigenvalue weighted by Crippen LogP contribution is -2.46. The van der Waals surface area contributed by atoms with Crippen molar-refractivity contribution < 1.29 is 18.1 Å². The molecule has 1 unspecified atom stereocenters. The number of nitrogens with zero attached hydrogens (tertiary/aromatic N) is 7. The Hall–Kier alpha value is -5.36. The van der Waals surface area contributed by atoms with Crippen LogP contribution in [0.5, 0.6) is 0 Å². The van der Waals surface area contributed by atoms with E-state index >= 15 is 0 Å². The number of fused-ring (bicyclic) bond motifs is 1. The monoisotopic (exact) mass is 879 g/mol. The fourth-order valence-corrected chi connectivity index (χ4v) is 9.74. The number of piperazine rings is 1. The van der Waals surface area contributed by atoms with Crippen LogP contribution in [0.2, 0.25) is 5.02 Å². The lowest BCUT2D eigenvalue weighted by molar-refractivity contribution is -0.384. The summed E-state index contributed by atoms with van der Waals surface area (Å²) in [4.78, 5) is 33.0. The molecule has 14 nitrogen and oxygen atoms in total. The van der Waals surface area contributed by atoms with Gasteiger partial charge in [-0.1, -0.05) is 66.2 Å². The van der Waals surface area contributed by atoms with Crippen molar-refractivity contribution in [2.45, 2.75) is 28.8 Å². The Labute approximate surface area is 364 Å². The van der Waals surface area contributed by atoms with Crippen molar-refractivity contribution >= 4 is 67.3 Å². The Morgan fingerprint density at radius 1 is 0.852 bits per heavy atom. The van der Waals surface area contributed by atoms with E-state index in [1.165, 1.54) is 29.6 Å². The first-order valence-electron chi connectivity index (χ1n) is 20.2. The van der Waals surface area contributed by atoms with Gasteiger partial charge in [0.1, 0.15) is 17.8 Å². The average molecular weight is 880 g/mol. The van der Waals surface area contributed by atoms with E-state index in [0.29, 0.717) is 34.9 Å². The minimum absolute atomic E-state index is 0.0270. The van der Waals surface area contributed by atoms with Gasteiger partial charge in [0, 0.05) is 92.4 Å². The summed E-state index contributed by atoms with van der Waals surface area (Å²) in [6.07, 6.45) is 3.59. The van der Waals surface area contributed by atoms with Gasteiger partial charge >= 0.3 is 0 Å². The molecule has 4 aromatic carbocycles. The third-order valence-corrected chi connectivity index (χ3v) is 13.7. The molecule has 2 aromatic heterocycles. The van der Waals surface area contributed by atoms with E-state index < -0.39 is 14.9 Å². The Balaban J connectivity index is 0.934. The zero-order valence-corrected chi connectivity index (χ0v) is 35.8. The minimum Gasteiger partial charge on any atom is -0.379 e. The number of ether oxygens (including phenoxy) is 1. The van der Waals surface area contributed by atoms with Crippen LogP contribution < -0.4 is 14.9 Å². The van der Waals surface area contributed by atoms with Crippen molar-refractivity contribution in [2.24, 2.45) is 0 Å². The summed E-state index contributed by atoms with van der Waals surface area (Å²) in [6, 6.07) is 31.9. The molecule has 2 saturated heterocycles. The minimum atomic E-state index is -4.31. The molecule has 4 heterocycles. The highest BCUT2D eigenvalue weighted by Crippen LogP contribution is 2.32. The highest BCUT2D eigenvalue weighted by Gasteiger charge is 2.26. The van der Waals surface area contributed by atoms with Gasteiger partial charge in [-0.2, -0.15) is 0 Å². The fraction of sp³-hybridized carbons (Fsp3) is 0.295. The standard InChI is InChI=1S/C44H46ClN9O5S2/c45-34-12-10-32(11-13-34)38-9-5-4-6-33(38)29-52-18-20-53(21-19-52)43-27-41-39(28-46-43)44(48-31-47-41)50-61(57,58)37-14-15-40(42(26-37)54(55)56)49-35(16-17-51-22-24-59-25-23-51)30-60-36-7-2-1-3-8-36/h1-15,26-28,31,35,49H,16-25,29-30H2,(H,47,48,50). The van der Waals surface area contributed by atoms with Crippen LogP contribution in [0.15, 0.2) is 125 Å². The Bertz CT molecular complexity index is 2560. The maximum Gasteiger partial charge on any atom is 0.293 e. The molecule has 8 rings (SSSR count). The molecule has 0 bridgehead atoms. The van der Waals surface area contributed by atoms with Crippen LogP contribution in [0.1, 0.15) is 12.0 Å². The van der Waals surface area contributed by atoms with Gasteiger partial charge in [0.15, 0.2) is 5.82 Å². The number of nitrogens with one attached hydrogen (secondary N) is 2. The molecule has 316 valence electrons. The van der Waals surface area contributed by atoms with Crippen molar-refractivity contribution in [3.63, 3.8) is 0 Å². The summed E-state index contributed by atoms with van der Waals surface area (Å²) in [5, 5.41) is 16.9. The van der Waals surface area contributed by atoms with E-state index in [9.17, 15) is 18.5 Å². The van der Waals surface area contributed by atoms with E-state index in [-0.39, 0.29) is 28.1 Å². The number of nitro benzene ring substituents is 1. The second-order valence-electron chi connectivity index (χ2n) is 15.0. The first kappa shape index (κ1) is 42.3. The summed E-state index contributed by atoms with van der Waals surface area (Å²) in [5.74, 6) is 1.41. The molecule has 0 aliphatic carbocycles. The number of sulfonamides is 1. The third kappa shape index (κ3) is 10.8. The molecule has 2 N–H and O–H groups in total. The normalized spacial score (nSPS) is 15.7. The van der Waals surface area contributed by atoms with Crippen LogP contribution in [-0.2, 0) is 21.3 Å². The summed E-state index contributed by atoms with van der Waals surface area (Å²) < 4.78 is 35.7. The highest BCUT2D eigenvalue weighted by atomic mass is 35.5. The van der Waals surface area contributed by atoms with Gasteiger partial charge in [0.05, 0.1) is 33.9 Å². The Kier molecular flexibility index (Phi) is 13.6. The molecule has 0 amide bonds. The molecule has 2 aliphatic heterocycles. The van der Waals surface area contributed by atoms with Crippen molar-refractivity contribution in [3.05, 3.63) is 136 Å². The molecule has 61 heavy (non-hydrogen) atoms. The SMILES string of the molecule is O=[N+]([O-])c1cc(S(=O)(=O)Nc2ncnc3cc(N4CCN(Cc5ccccc5-c5ccc(Cl)cc5)CC4)ncc23)ccc1NC(CCN1CCOCC1)CSc1ccccc1. The fourth-order valence-electron chi connectivity index (χ4n) is 7.57. The van der Waals surface area contributed by atoms with E-state index in [0.717, 1.165) is 81.1 Å². The van der Waals surface area contributed by atoms with E-state index in [1.807, 2.05) is 60.7 Å². The predicted octanol–water partition coefficient (Wildman–Crippen LogP) is 7.67. The molecule has 6 aromatic rings. The summed E-state index contributed by atoms with van der Waals surface area (Å²) in [6.45, 7) is 7.76. The second kappa shape index (κ2) is 19.6. The maximum absolute atomic E-state index is 13.8. The van der Waals surface area contributed by atoms with Gasteiger partial charge in [-0.15, -0.1) is 11.8 Å². The van der Waals surface area contributed by atoms with Gasteiger partial charge in [-0.05, 0) is 59.5 Å². The molecule has 0 radical (unpaired) electrons. The Morgan fingerprint density at radius 3 is 2.38 bits per heavy atom. The summed E-state index contributed by atoms with van der Waals surface area (Å²) in [5.41, 5.74) is 3.98. The van der Waals surface area contributed by atoms with E-state index in [4.69, 9.17) is 21.3 Å².